The van der Waals surface area contributed by atoms with Crippen LogP contribution in [0.1, 0.15) is 37.3 Å². The topological polar surface area (TPSA) is 94.7 Å². The third-order valence-electron chi connectivity index (χ3n) is 2.84. The Morgan fingerprint density at radius 3 is 2.57 bits per heavy atom. The molecule has 0 saturated carbocycles. The van der Waals surface area contributed by atoms with Crippen molar-refractivity contribution < 1.29 is 19.2 Å². The van der Waals surface area contributed by atoms with Gasteiger partial charge in [0.2, 0.25) is 0 Å². The van der Waals surface area contributed by atoms with Crippen LogP contribution in [0, 0.1) is 10.1 Å². The van der Waals surface area contributed by atoms with E-state index >= 15 is 0 Å². The molecule has 8 heteroatoms. The number of amides is 1. The molecule has 1 rings (SSSR count). The molecule has 1 aromatic heterocycles. The minimum atomic E-state index is -0.555. The quantitative estimate of drug-likeness (QED) is 0.451. The van der Waals surface area contributed by atoms with Crippen LogP contribution in [0.15, 0.2) is 12.3 Å². The van der Waals surface area contributed by atoms with Gasteiger partial charge >= 0.3 is 5.97 Å². The zero-order valence-corrected chi connectivity index (χ0v) is 12.5. The van der Waals surface area contributed by atoms with Gasteiger partial charge in [-0.25, -0.2) is 0 Å². The maximum Gasteiger partial charge on any atom is 0.325 e. The molecule has 0 unspecified atom stereocenters. The highest BCUT2D eigenvalue weighted by molar-refractivity contribution is 5.95. The van der Waals surface area contributed by atoms with Crippen LogP contribution in [-0.2, 0) is 9.53 Å². The van der Waals surface area contributed by atoms with Crippen molar-refractivity contribution in [3.05, 3.63) is 28.1 Å². The third kappa shape index (κ3) is 4.04. The fraction of sp³-hybridized carbons (Fsp3) is 0.538. The maximum atomic E-state index is 12.3. The van der Waals surface area contributed by atoms with Crippen molar-refractivity contribution in [1.82, 2.24) is 9.47 Å². The van der Waals surface area contributed by atoms with Crippen molar-refractivity contribution in [2.45, 2.75) is 26.8 Å². The molecule has 0 spiro atoms. The number of nitrogens with zero attached hydrogens (tertiary/aromatic N) is 3. The van der Waals surface area contributed by atoms with Crippen molar-refractivity contribution in [3.63, 3.8) is 0 Å². The first-order chi connectivity index (χ1) is 9.77. The van der Waals surface area contributed by atoms with Crippen molar-refractivity contribution in [3.8, 4) is 0 Å². The molecule has 1 heterocycles. The van der Waals surface area contributed by atoms with Gasteiger partial charge in [0.1, 0.15) is 12.2 Å². The molecule has 0 aliphatic rings. The summed E-state index contributed by atoms with van der Waals surface area (Å²) in [5, 5.41) is 10.8. The van der Waals surface area contributed by atoms with Crippen LogP contribution in [0.3, 0.4) is 0 Å². The van der Waals surface area contributed by atoms with E-state index in [1.54, 1.807) is 6.92 Å². The fourth-order valence-corrected chi connectivity index (χ4v) is 1.83. The summed E-state index contributed by atoms with van der Waals surface area (Å²) in [6.07, 6.45) is 1.32. The third-order valence-corrected chi connectivity index (χ3v) is 2.84. The molecule has 0 saturated heterocycles. The lowest BCUT2D eigenvalue weighted by Gasteiger charge is -2.18. The predicted molar refractivity (Wildman–Crippen MR) is 75.1 cm³/mol. The Hall–Kier alpha value is -2.38. The zero-order chi connectivity index (χ0) is 16.2. The predicted octanol–water partition coefficient (Wildman–Crippen LogP) is 1.61. The summed E-state index contributed by atoms with van der Waals surface area (Å²) in [4.78, 5) is 35.2. The van der Waals surface area contributed by atoms with Crippen LogP contribution in [0.5, 0.6) is 0 Å². The Bertz CT molecular complexity index is 550. The maximum absolute atomic E-state index is 12.3. The van der Waals surface area contributed by atoms with Crippen LogP contribution in [-0.4, -0.2) is 46.5 Å². The van der Waals surface area contributed by atoms with Crippen molar-refractivity contribution in [2.75, 3.05) is 20.2 Å². The molecule has 0 aliphatic heterocycles. The van der Waals surface area contributed by atoms with Crippen LogP contribution in [0.4, 0.5) is 5.69 Å². The molecule has 0 aromatic carbocycles. The minimum absolute atomic E-state index is 0.117. The number of carbonyl (C=O) groups is 2. The molecule has 116 valence electrons. The Balaban J connectivity index is 3.00. The van der Waals surface area contributed by atoms with E-state index in [4.69, 9.17) is 4.74 Å². The molecule has 0 aliphatic carbocycles. The van der Waals surface area contributed by atoms with E-state index < -0.39 is 16.8 Å². The van der Waals surface area contributed by atoms with Gasteiger partial charge in [-0.2, -0.15) is 0 Å². The summed E-state index contributed by atoms with van der Waals surface area (Å²) >= 11 is 0. The van der Waals surface area contributed by atoms with Crippen molar-refractivity contribution in [2.24, 2.45) is 0 Å². The van der Waals surface area contributed by atoms with Crippen LogP contribution >= 0.6 is 0 Å². The van der Waals surface area contributed by atoms with E-state index in [9.17, 15) is 19.7 Å². The first kappa shape index (κ1) is 16.7. The number of hydrogen-bond acceptors (Lipinski definition) is 5. The van der Waals surface area contributed by atoms with E-state index in [1.807, 2.05) is 13.8 Å². The van der Waals surface area contributed by atoms with Gasteiger partial charge < -0.3 is 14.2 Å². The zero-order valence-electron chi connectivity index (χ0n) is 12.5. The number of carbonyl (C=O) groups excluding carboxylic acids is 2. The largest absolute Gasteiger partial charge is 0.465 e. The second kappa shape index (κ2) is 6.87. The second-order valence-electron chi connectivity index (χ2n) is 4.81. The Morgan fingerprint density at radius 1 is 1.48 bits per heavy atom. The van der Waals surface area contributed by atoms with Gasteiger partial charge in [-0.1, -0.05) is 0 Å². The number of aromatic nitrogens is 1. The lowest BCUT2D eigenvalue weighted by molar-refractivity contribution is -0.384. The van der Waals surface area contributed by atoms with E-state index in [-0.39, 0.29) is 30.6 Å². The highest BCUT2D eigenvalue weighted by atomic mass is 16.6. The molecule has 1 amide bonds. The molecular formula is C13H19N3O5. The molecule has 8 nitrogen and oxygen atoms in total. The lowest BCUT2D eigenvalue weighted by atomic mass is 10.3. The summed E-state index contributed by atoms with van der Waals surface area (Å²) in [7, 11) is 1.45. The number of likely N-dealkylation sites (N-methyl/N-ethyl adjacent to an activating group) is 1. The molecule has 0 N–H and O–H groups in total. The first-order valence-corrected chi connectivity index (χ1v) is 6.55. The highest BCUT2D eigenvalue weighted by Crippen LogP contribution is 2.21. The molecule has 0 atom stereocenters. The molecule has 0 bridgehead atoms. The second-order valence-corrected chi connectivity index (χ2v) is 4.81. The first-order valence-electron chi connectivity index (χ1n) is 6.55. The van der Waals surface area contributed by atoms with Crippen molar-refractivity contribution >= 4 is 17.6 Å². The molecule has 21 heavy (non-hydrogen) atoms. The smallest absolute Gasteiger partial charge is 0.325 e. The fourth-order valence-electron chi connectivity index (χ4n) is 1.83. The summed E-state index contributed by atoms with van der Waals surface area (Å²) in [6.45, 7) is 5.32. The van der Waals surface area contributed by atoms with E-state index in [0.717, 1.165) is 0 Å². The Kier molecular flexibility index (Phi) is 5.45. The van der Waals surface area contributed by atoms with Gasteiger partial charge in [-0.15, -0.1) is 0 Å². The number of rotatable bonds is 6. The van der Waals surface area contributed by atoms with E-state index in [0.29, 0.717) is 0 Å². The molecule has 1 aromatic rings. The Labute approximate surface area is 122 Å². The minimum Gasteiger partial charge on any atom is -0.465 e. The van der Waals surface area contributed by atoms with Crippen LogP contribution < -0.4 is 0 Å². The summed E-state index contributed by atoms with van der Waals surface area (Å²) in [6, 6.07) is 1.10. The summed E-state index contributed by atoms with van der Waals surface area (Å²) in [5.74, 6) is -0.990. The van der Waals surface area contributed by atoms with Crippen molar-refractivity contribution in [1.29, 1.82) is 0 Å². The normalized spacial score (nSPS) is 10.5. The summed E-state index contributed by atoms with van der Waals surface area (Å²) in [5.41, 5.74) is 0.0140. The summed E-state index contributed by atoms with van der Waals surface area (Å²) < 4.78 is 6.29. The standard InChI is InChI=1S/C13H19N3O5/c1-5-21-12(17)8-14(4)13(18)11-6-10(16(19)20)7-15(11)9(2)3/h6-7,9H,5,8H2,1-4H3. The van der Waals surface area contributed by atoms with Crippen LogP contribution in [0.2, 0.25) is 0 Å². The molecule has 0 radical (unpaired) electrons. The van der Waals surface area contributed by atoms with Gasteiger partial charge in [-0.05, 0) is 20.8 Å². The number of esters is 1. The average Bonchev–Trinajstić information content (AvgIpc) is 2.83. The Morgan fingerprint density at radius 2 is 2.10 bits per heavy atom. The van der Waals surface area contributed by atoms with E-state index in [1.165, 1.54) is 28.8 Å². The van der Waals surface area contributed by atoms with Gasteiger partial charge in [0.15, 0.2) is 0 Å². The highest BCUT2D eigenvalue weighted by Gasteiger charge is 2.24. The number of hydrogen-bond donors (Lipinski definition) is 0. The number of ether oxygens (including phenoxy) is 1. The van der Waals surface area contributed by atoms with Crippen LogP contribution in [0.25, 0.3) is 0 Å². The number of nitro groups is 1. The SMILES string of the molecule is CCOC(=O)CN(C)C(=O)c1cc([N+](=O)[O-])cn1C(C)C. The molecule has 0 fully saturated rings. The monoisotopic (exact) mass is 297 g/mol. The van der Waals surface area contributed by atoms with Gasteiger partial charge in [0.25, 0.3) is 11.6 Å². The van der Waals surface area contributed by atoms with Gasteiger partial charge in [0.05, 0.1) is 17.7 Å². The molecular weight excluding hydrogens is 278 g/mol. The van der Waals surface area contributed by atoms with Gasteiger partial charge in [0, 0.05) is 19.2 Å². The van der Waals surface area contributed by atoms with Gasteiger partial charge in [-0.3, -0.25) is 19.7 Å². The average molecular weight is 297 g/mol. The van der Waals surface area contributed by atoms with E-state index in [2.05, 4.69) is 0 Å². The lowest BCUT2D eigenvalue weighted by Crippen LogP contribution is -2.34.